The first-order chi connectivity index (χ1) is 37.5. The number of hydrogen-bond acceptors (Lipinski definition) is 22. The Kier molecular flexibility index (Phi) is 17.1. The van der Waals surface area contributed by atoms with Crippen LogP contribution in [0.5, 0.6) is 11.5 Å². The Bertz CT molecular complexity index is 2470. The van der Waals surface area contributed by atoms with Crippen LogP contribution in [-0.4, -0.2) is 195 Å². The largest absolute Gasteiger partial charge is 0.504 e. The Morgan fingerprint density at radius 1 is 0.725 bits per heavy atom. The van der Waals surface area contributed by atoms with Crippen LogP contribution in [0.3, 0.4) is 0 Å². The molecule has 0 amide bonds. The number of hydrogen-bond donors (Lipinski definition) is 10. The topological polar surface area (TPSA) is 337 Å². The van der Waals surface area contributed by atoms with Crippen molar-refractivity contribution in [1.82, 2.24) is 0 Å². The maximum Gasteiger partial charge on any atom is 0.337 e. The zero-order chi connectivity index (χ0) is 58.4. The van der Waals surface area contributed by atoms with Crippen molar-refractivity contribution in [2.45, 2.75) is 217 Å². The molecule has 5 aliphatic carbocycles. The number of phenols is 1. The number of aryl methyl sites for hydroxylation is 1. The van der Waals surface area contributed by atoms with Crippen LogP contribution >= 0.6 is 0 Å². The van der Waals surface area contributed by atoms with Crippen molar-refractivity contribution in [1.29, 1.82) is 0 Å². The van der Waals surface area contributed by atoms with E-state index >= 15 is 4.79 Å². The standard InChI is InChI=1S/C58H86O22/c1-53(2)20-21-58(52(71)80-51-47(77-38(63)15-11-27-10-13-30(60)32(22-27)72-8)45(31(61)26-74-51)78-49-43(68)40(65)39(64)33(25-59)75-49)29(23-53)28-12-14-35-55(5)18-17-37(76-50-44(69)41(66)42(67)46(79-50)48(70)73-9)54(3,4)34(55)16-19-56(35,6)57(28,7)24-36(58)62/h10,12-13,22,29,31,33-37,39-47,49-51,59-62,64-69H,11,14-21,23-26H2,1-9H3/t29-,31-,33+,34-,35+,36+,37-,39+,40-,41-,42-,43+,44+,45-,46-,47+,49-,50+,51-,55-,56+,57+,58+/m0/s1. The lowest BCUT2D eigenvalue weighted by Gasteiger charge is -2.71. The van der Waals surface area contributed by atoms with Gasteiger partial charge in [-0.15, -0.1) is 0 Å². The first kappa shape index (κ1) is 61.0. The summed E-state index contributed by atoms with van der Waals surface area (Å²) in [6.07, 6.45) is -18.0. The lowest BCUT2D eigenvalue weighted by molar-refractivity contribution is -0.347. The molecule has 22 nitrogen and oxygen atoms in total. The van der Waals surface area contributed by atoms with Gasteiger partial charge in [0.15, 0.2) is 36.3 Å². The van der Waals surface area contributed by atoms with E-state index in [9.17, 15) is 60.7 Å². The number of carbonyl (C=O) groups excluding carboxylic acids is 3. The van der Waals surface area contributed by atoms with Crippen molar-refractivity contribution < 1.29 is 108 Å². The first-order valence-corrected chi connectivity index (χ1v) is 28.4. The van der Waals surface area contributed by atoms with Gasteiger partial charge in [-0.05, 0) is 127 Å². The normalized spacial score (nSPS) is 45.8. The molecule has 1 aromatic carbocycles. The van der Waals surface area contributed by atoms with E-state index in [4.69, 9.17) is 42.6 Å². The van der Waals surface area contributed by atoms with Crippen molar-refractivity contribution in [3.05, 3.63) is 35.4 Å². The summed E-state index contributed by atoms with van der Waals surface area (Å²) in [4.78, 5) is 42.1. The fourth-order valence-electron chi connectivity index (χ4n) is 16.4. The molecule has 23 atom stereocenters. The fourth-order valence-corrected chi connectivity index (χ4v) is 16.4. The van der Waals surface area contributed by atoms with Crippen LogP contribution in [0.4, 0.5) is 0 Å². The number of aliphatic hydroxyl groups excluding tert-OH is 9. The van der Waals surface area contributed by atoms with Gasteiger partial charge in [0, 0.05) is 6.42 Å². The molecule has 0 radical (unpaired) electrons. The van der Waals surface area contributed by atoms with E-state index in [1.165, 1.54) is 13.2 Å². The average Bonchev–Trinajstić information content (AvgIpc) is 2.24. The van der Waals surface area contributed by atoms with Gasteiger partial charge in [-0.3, -0.25) is 9.59 Å². The SMILES string of the molecule is COC(=O)[C@H]1O[C@@H](O[C@H]2CC[C@]3(C)[C@H]4CC=C5[C@@H]6CC(C)(C)CC[C@]6(C(=O)O[C@@H]6OC[C@H](O)[C@H](O[C@@H]7O[C@H](CO)[C@@H](O)[C@H](O)[C@H]7O)[C@H]6OC(=O)CCc6ccc(O)c(OC)c6)[C@H](O)C[C@@]5(C)[C@]4(C)CC[C@H]3C2(C)C)[C@H](O)[C@@H](O)[C@@H]1O. The maximum atomic E-state index is 15.6. The molecular weight excluding hydrogens is 1050 g/mol. The van der Waals surface area contributed by atoms with E-state index in [1.807, 2.05) is 0 Å². The maximum absolute atomic E-state index is 15.6. The number of aliphatic hydroxyl groups is 9. The third-order valence-electron chi connectivity index (χ3n) is 21.2. The molecule has 450 valence electrons. The minimum Gasteiger partial charge on any atom is -0.504 e. The second-order valence-corrected chi connectivity index (χ2v) is 26.3. The molecule has 0 bridgehead atoms. The Balaban J connectivity index is 0.993. The zero-order valence-corrected chi connectivity index (χ0v) is 47.3. The third kappa shape index (κ3) is 10.2. The molecule has 8 aliphatic rings. The average molecular weight is 1140 g/mol. The van der Waals surface area contributed by atoms with E-state index < -0.39 is 152 Å². The molecule has 80 heavy (non-hydrogen) atoms. The number of rotatable bonds is 13. The zero-order valence-electron chi connectivity index (χ0n) is 47.3. The summed E-state index contributed by atoms with van der Waals surface area (Å²) in [5, 5.41) is 109. The van der Waals surface area contributed by atoms with Crippen molar-refractivity contribution in [3.8, 4) is 11.5 Å². The summed E-state index contributed by atoms with van der Waals surface area (Å²) >= 11 is 0. The van der Waals surface area contributed by atoms with Crippen LogP contribution in [0.1, 0.15) is 118 Å². The van der Waals surface area contributed by atoms with Gasteiger partial charge in [-0.1, -0.05) is 66.2 Å². The van der Waals surface area contributed by atoms with Crippen molar-refractivity contribution in [2.24, 2.45) is 50.2 Å². The van der Waals surface area contributed by atoms with Gasteiger partial charge in [0.1, 0.15) is 60.4 Å². The molecule has 9 rings (SSSR count). The number of carbonyl (C=O) groups is 3. The second-order valence-electron chi connectivity index (χ2n) is 26.3. The molecule has 4 saturated carbocycles. The predicted molar refractivity (Wildman–Crippen MR) is 277 cm³/mol. The van der Waals surface area contributed by atoms with Gasteiger partial charge < -0.3 is 93.7 Å². The van der Waals surface area contributed by atoms with Crippen molar-refractivity contribution >= 4 is 17.9 Å². The molecule has 10 N–H and O–H groups in total. The summed E-state index contributed by atoms with van der Waals surface area (Å²) in [6, 6.07) is 4.56. The van der Waals surface area contributed by atoms with Crippen LogP contribution in [-0.2, 0) is 58.7 Å². The Morgan fingerprint density at radius 3 is 2.09 bits per heavy atom. The summed E-state index contributed by atoms with van der Waals surface area (Å²) < 4.78 is 52.6. The molecule has 7 fully saturated rings. The fraction of sp³-hybridized carbons (Fsp3) is 0.810. The quantitative estimate of drug-likeness (QED) is 0.0583. The number of allylic oxidation sites excluding steroid dienone is 2. The number of benzene rings is 1. The third-order valence-corrected chi connectivity index (χ3v) is 21.2. The number of esters is 3. The molecule has 1 aromatic rings. The summed E-state index contributed by atoms with van der Waals surface area (Å²) in [5.41, 5.74) is -1.87. The van der Waals surface area contributed by atoms with Crippen LogP contribution in [0.25, 0.3) is 0 Å². The summed E-state index contributed by atoms with van der Waals surface area (Å²) in [6.45, 7) is 14.2. The van der Waals surface area contributed by atoms with Crippen molar-refractivity contribution in [2.75, 3.05) is 27.4 Å². The Hall–Kier alpha value is -3.59. The smallest absolute Gasteiger partial charge is 0.337 e. The molecule has 3 aliphatic heterocycles. The Morgan fingerprint density at radius 2 is 1.41 bits per heavy atom. The van der Waals surface area contributed by atoms with Gasteiger partial charge in [-0.2, -0.15) is 0 Å². The van der Waals surface area contributed by atoms with E-state index in [2.05, 4.69) is 54.5 Å². The molecule has 22 heteroatoms. The highest BCUT2D eigenvalue weighted by atomic mass is 16.8. The van der Waals surface area contributed by atoms with E-state index in [0.29, 0.717) is 31.2 Å². The highest BCUT2D eigenvalue weighted by Crippen LogP contribution is 2.76. The van der Waals surface area contributed by atoms with Gasteiger partial charge in [0.05, 0.1) is 39.6 Å². The van der Waals surface area contributed by atoms with Crippen molar-refractivity contribution in [3.63, 3.8) is 0 Å². The minimum absolute atomic E-state index is 0.0927. The first-order valence-electron chi connectivity index (χ1n) is 28.4. The van der Waals surface area contributed by atoms with Gasteiger partial charge in [-0.25, -0.2) is 4.79 Å². The Labute approximate surface area is 466 Å². The van der Waals surface area contributed by atoms with Gasteiger partial charge in [0.25, 0.3) is 0 Å². The van der Waals surface area contributed by atoms with Crippen LogP contribution in [0, 0.1) is 50.2 Å². The highest BCUT2D eigenvalue weighted by molar-refractivity contribution is 5.80. The number of methoxy groups -OCH3 is 2. The van der Waals surface area contributed by atoms with Gasteiger partial charge in [0.2, 0.25) is 6.29 Å². The van der Waals surface area contributed by atoms with Crippen LogP contribution in [0.2, 0.25) is 0 Å². The predicted octanol–water partition coefficient (Wildman–Crippen LogP) is 1.83. The minimum atomic E-state index is -1.91. The van der Waals surface area contributed by atoms with E-state index in [0.717, 1.165) is 31.9 Å². The number of ether oxygens (including phenoxy) is 9. The summed E-state index contributed by atoms with van der Waals surface area (Å²) in [7, 11) is 2.52. The van der Waals surface area contributed by atoms with Crippen LogP contribution in [0.15, 0.2) is 29.8 Å². The number of phenolic OH excluding ortho intramolecular Hbond substituents is 1. The molecule has 0 unspecified atom stereocenters. The van der Waals surface area contributed by atoms with E-state index in [-0.39, 0.29) is 65.3 Å². The van der Waals surface area contributed by atoms with Gasteiger partial charge >= 0.3 is 17.9 Å². The lowest BCUT2D eigenvalue weighted by Crippen LogP contribution is -2.68. The molecule has 0 aromatic heterocycles. The lowest BCUT2D eigenvalue weighted by atomic mass is 9.33. The molecule has 0 spiro atoms. The highest BCUT2D eigenvalue weighted by Gasteiger charge is 2.72. The summed E-state index contributed by atoms with van der Waals surface area (Å²) in [5.74, 6) is -2.78. The van der Waals surface area contributed by atoms with E-state index in [1.54, 1.807) is 12.1 Å². The molecular formula is C58H86O22. The second kappa shape index (κ2) is 22.4. The number of aromatic hydroxyl groups is 1. The molecule has 3 saturated heterocycles. The monoisotopic (exact) mass is 1130 g/mol. The van der Waals surface area contributed by atoms with Crippen LogP contribution < -0.4 is 4.74 Å². The number of fused-ring (bicyclic) bond motifs is 7. The molecule has 3 heterocycles.